The first kappa shape index (κ1) is 14.4. The molecule has 2 aromatic carbocycles. The van der Waals surface area contributed by atoms with Gasteiger partial charge in [0.05, 0.1) is 16.7 Å². The third kappa shape index (κ3) is 3.30. The van der Waals surface area contributed by atoms with Crippen LogP contribution in [0.3, 0.4) is 0 Å². The molecular weight excluding hydrogens is 272 g/mol. The Bertz CT molecular complexity index is 649. The van der Waals surface area contributed by atoms with E-state index in [0.29, 0.717) is 22.1 Å². The van der Waals surface area contributed by atoms with Crippen LogP contribution in [0.2, 0.25) is 5.02 Å². The number of halogens is 1. The zero-order valence-corrected chi connectivity index (χ0v) is 12.1. The van der Waals surface area contributed by atoms with E-state index in [2.05, 4.69) is 18.3 Å². The minimum absolute atomic E-state index is 0.225. The van der Waals surface area contributed by atoms with Crippen LogP contribution in [0.4, 0.5) is 0 Å². The van der Waals surface area contributed by atoms with E-state index in [1.54, 1.807) is 24.3 Å². The van der Waals surface area contributed by atoms with Crippen molar-refractivity contribution in [3.05, 3.63) is 58.6 Å². The van der Waals surface area contributed by atoms with E-state index in [4.69, 9.17) is 21.6 Å². The van der Waals surface area contributed by atoms with E-state index in [9.17, 15) is 0 Å². The number of nitrogens with zero attached hydrogens (tertiary/aromatic N) is 1. The molecule has 0 aliphatic heterocycles. The molecule has 0 radical (unpaired) electrons. The summed E-state index contributed by atoms with van der Waals surface area (Å²) in [6, 6.07) is 15.0. The second kappa shape index (κ2) is 6.42. The second-order valence-corrected chi connectivity index (χ2v) is 4.85. The van der Waals surface area contributed by atoms with Gasteiger partial charge >= 0.3 is 0 Å². The van der Waals surface area contributed by atoms with Gasteiger partial charge in [0.2, 0.25) is 0 Å². The van der Waals surface area contributed by atoms with Crippen LogP contribution in [-0.4, -0.2) is 7.05 Å². The van der Waals surface area contributed by atoms with Crippen LogP contribution in [0.25, 0.3) is 0 Å². The maximum absolute atomic E-state index is 8.87. The molecule has 0 saturated heterocycles. The summed E-state index contributed by atoms with van der Waals surface area (Å²) >= 11 is 6.24. The summed E-state index contributed by atoms with van der Waals surface area (Å²) in [5.74, 6) is 1.18. The van der Waals surface area contributed by atoms with Gasteiger partial charge < -0.3 is 10.1 Å². The highest BCUT2D eigenvalue weighted by Gasteiger charge is 2.08. The third-order valence-electron chi connectivity index (χ3n) is 3.08. The van der Waals surface area contributed by atoms with Crippen LogP contribution < -0.4 is 10.1 Å². The molecule has 3 nitrogen and oxygen atoms in total. The quantitative estimate of drug-likeness (QED) is 0.912. The standard InChI is InChI=1S/C16H15ClN2O/c1-11(19-2)13-6-7-16(15(17)9-13)20-14-5-3-4-12(8-14)10-18/h3-9,11,19H,1-2H3. The van der Waals surface area contributed by atoms with Gasteiger partial charge in [-0.15, -0.1) is 0 Å². The van der Waals surface area contributed by atoms with Crippen LogP contribution in [0.15, 0.2) is 42.5 Å². The molecule has 1 atom stereocenters. The number of benzene rings is 2. The maximum atomic E-state index is 8.87. The summed E-state index contributed by atoms with van der Waals surface area (Å²) in [6.07, 6.45) is 0. The molecule has 0 fully saturated rings. The topological polar surface area (TPSA) is 45.0 Å². The molecule has 1 unspecified atom stereocenters. The molecule has 1 N–H and O–H groups in total. The maximum Gasteiger partial charge on any atom is 0.146 e. The highest BCUT2D eigenvalue weighted by atomic mass is 35.5. The molecular formula is C16H15ClN2O. The van der Waals surface area contributed by atoms with Gasteiger partial charge in [-0.2, -0.15) is 5.26 Å². The average molecular weight is 287 g/mol. The van der Waals surface area contributed by atoms with Crippen LogP contribution in [0.5, 0.6) is 11.5 Å². The van der Waals surface area contributed by atoms with Gasteiger partial charge in [-0.3, -0.25) is 0 Å². The van der Waals surface area contributed by atoms with Crippen LogP contribution >= 0.6 is 11.6 Å². The Morgan fingerprint density at radius 1 is 1.25 bits per heavy atom. The average Bonchev–Trinajstić information content (AvgIpc) is 2.48. The third-order valence-corrected chi connectivity index (χ3v) is 3.38. The van der Waals surface area contributed by atoms with Crippen LogP contribution in [0, 0.1) is 11.3 Å². The van der Waals surface area contributed by atoms with Crippen molar-refractivity contribution in [2.45, 2.75) is 13.0 Å². The van der Waals surface area contributed by atoms with Crippen molar-refractivity contribution in [1.82, 2.24) is 5.32 Å². The highest BCUT2D eigenvalue weighted by Crippen LogP contribution is 2.31. The van der Waals surface area contributed by atoms with Gasteiger partial charge in [0.25, 0.3) is 0 Å². The van der Waals surface area contributed by atoms with E-state index in [1.807, 2.05) is 25.2 Å². The molecule has 2 aromatic rings. The molecule has 0 heterocycles. The SMILES string of the molecule is CNC(C)c1ccc(Oc2cccc(C#N)c2)c(Cl)c1. The lowest BCUT2D eigenvalue weighted by Crippen LogP contribution is -2.12. The number of hydrogen-bond acceptors (Lipinski definition) is 3. The Hall–Kier alpha value is -2.02. The van der Waals surface area contributed by atoms with Crippen LogP contribution in [0.1, 0.15) is 24.1 Å². The van der Waals surface area contributed by atoms with Gasteiger partial charge in [0.1, 0.15) is 11.5 Å². The van der Waals surface area contributed by atoms with E-state index < -0.39 is 0 Å². The second-order valence-electron chi connectivity index (χ2n) is 4.44. The van der Waals surface area contributed by atoms with Crippen molar-refractivity contribution >= 4 is 11.6 Å². The van der Waals surface area contributed by atoms with Gasteiger partial charge in [-0.25, -0.2) is 0 Å². The molecule has 0 aliphatic rings. The van der Waals surface area contributed by atoms with Gasteiger partial charge in [-0.1, -0.05) is 23.7 Å². The minimum Gasteiger partial charge on any atom is -0.456 e. The predicted octanol–water partition coefficient (Wildman–Crippen LogP) is 4.28. The van der Waals surface area contributed by atoms with Gasteiger partial charge in [0, 0.05) is 6.04 Å². The molecule has 0 aliphatic carbocycles. The monoisotopic (exact) mass is 286 g/mol. The number of rotatable bonds is 4. The Kier molecular flexibility index (Phi) is 4.62. The predicted molar refractivity (Wildman–Crippen MR) is 80.2 cm³/mol. The molecule has 102 valence electrons. The summed E-state index contributed by atoms with van der Waals surface area (Å²) in [6.45, 7) is 2.06. The van der Waals surface area contributed by atoms with Crippen molar-refractivity contribution in [3.63, 3.8) is 0 Å². The lowest BCUT2D eigenvalue weighted by Gasteiger charge is -2.13. The van der Waals surface area contributed by atoms with Gasteiger partial charge in [-0.05, 0) is 49.9 Å². The zero-order valence-electron chi connectivity index (χ0n) is 11.4. The zero-order chi connectivity index (χ0) is 14.5. The molecule has 20 heavy (non-hydrogen) atoms. The smallest absolute Gasteiger partial charge is 0.146 e. The van der Waals surface area contributed by atoms with E-state index >= 15 is 0 Å². The number of hydrogen-bond donors (Lipinski definition) is 1. The summed E-state index contributed by atoms with van der Waals surface area (Å²) in [5.41, 5.74) is 1.65. The molecule has 0 aromatic heterocycles. The van der Waals surface area contributed by atoms with Crippen LogP contribution in [-0.2, 0) is 0 Å². The fourth-order valence-corrected chi connectivity index (χ4v) is 2.02. The highest BCUT2D eigenvalue weighted by molar-refractivity contribution is 6.32. The lowest BCUT2D eigenvalue weighted by atomic mass is 10.1. The normalized spacial score (nSPS) is 11.7. The fraction of sp³-hybridized carbons (Fsp3) is 0.188. The van der Waals surface area contributed by atoms with Crippen molar-refractivity contribution in [1.29, 1.82) is 5.26 Å². The molecule has 0 spiro atoms. The first-order valence-electron chi connectivity index (χ1n) is 6.28. The van der Waals surface area contributed by atoms with Crippen molar-refractivity contribution in [3.8, 4) is 17.6 Å². The largest absolute Gasteiger partial charge is 0.456 e. The van der Waals surface area contributed by atoms with Crippen molar-refractivity contribution < 1.29 is 4.74 Å². The lowest BCUT2D eigenvalue weighted by molar-refractivity contribution is 0.482. The Labute approximate surface area is 123 Å². The number of ether oxygens (including phenoxy) is 1. The number of nitrogens with one attached hydrogen (secondary N) is 1. The Morgan fingerprint density at radius 2 is 2.05 bits per heavy atom. The Balaban J connectivity index is 2.23. The fourth-order valence-electron chi connectivity index (χ4n) is 1.79. The summed E-state index contributed by atoms with van der Waals surface area (Å²) in [4.78, 5) is 0. The van der Waals surface area contributed by atoms with E-state index in [0.717, 1.165) is 5.56 Å². The first-order chi connectivity index (χ1) is 9.63. The van der Waals surface area contributed by atoms with E-state index in [-0.39, 0.29) is 6.04 Å². The minimum atomic E-state index is 0.225. The molecule has 4 heteroatoms. The molecule has 0 amide bonds. The molecule has 2 rings (SSSR count). The van der Waals surface area contributed by atoms with E-state index in [1.165, 1.54) is 0 Å². The summed E-state index contributed by atoms with van der Waals surface area (Å²) in [5, 5.41) is 12.6. The molecule has 0 saturated carbocycles. The Morgan fingerprint density at radius 3 is 2.70 bits per heavy atom. The molecule has 0 bridgehead atoms. The summed E-state index contributed by atoms with van der Waals surface area (Å²) < 4.78 is 5.72. The summed E-state index contributed by atoms with van der Waals surface area (Å²) in [7, 11) is 1.90. The van der Waals surface area contributed by atoms with Crippen molar-refractivity contribution in [2.75, 3.05) is 7.05 Å². The number of nitriles is 1. The van der Waals surface area contributed by atoms with Crippen molar-refractivity contribution in [2.24, 2.45) is 0 Å². The van der Waals surface area contributed by atoms with Gasteiger partial charge in [0.15, 0.2) is 0 Å². The first-order valence-corrected chi connectivity index (χ1v) is 6.66.